The van der Waals surface area contributed by atoms with Crippen LogP contribution in [0.25, 0.3) is 0 Å². The predicted octanol–water partition coefficient (Wildman–Crippen LogP) is -2.70. The van der Waals surface area contributed by atoms with E-state index in [9.17, 15) is 14.4 Å². The second-order valence-electron chi connectivity index (χ2n) is 2.69. The van der Waals surface area contributed by atoms with Gasteiger partial charge in [-0.3, -0.25) is 14.4 Å². The zero-order chi connectivity index (χ0) is 12.6. The molecule has 0 fully saturated rings. The first-order valence-electron chi connectivity index (χ1n) is 5.08. The molecule has 0 bridgehead atoms. The van der Waals surface area contributed by atoms with Crippen LogP contribution in [0, 0.1) is 5.92 Å². The van der Waals surface area contributed by atoms with Gasteiger partial charge in [-0.15, -0.1) is 0 Å². The van der Waals surface area contributed by atoms with Crippen molar-refractivity contribution >= 4 is 17.9 Å². The van der Waals surface area contributed by atoms with Crippen LogP contribution in [0.4, 0.5) is 0 Å². The molecule has 0 amide bonds. The Labute approximate surface area is 122 Å². The van der Waals surface area contributed by atoms with Crippen molar-refractivity contribution < 1.29 is 58.2 Å². The molecular formula is C10H16NaO6+. The summed E-state index contributed by atoms with van der Waals surface area (Å²) in [5.74, 6) is -4.47. The number of carbonyl (C=O) groups excluding carboxylic acids is 3. The molecule has 0 aliphatic carbocycles. The molecule has 0 aliphatic heterocycles. The number of rotatable bonds is 6. The summed E-state index contributed by atoms with van der Waals surface area (Å²) in [6, 6.07) is 0. The maximum Gasteiger partial charge on any atom is 1.00 e. The molecule has 0 saturated carbocycles. The maximum atomic E-state index is 11.4. The summed E-state index contributed by atoms with van der Waals surface area (Å²) in [4.78, 5) is 34.1. The average molecular weight is 255 g/mol. The average Bonchev–Trinajstić information content (AvgIpc) is 2.19. The Balaban J connectivity index is 0. The Kier molecular flexibility index (Phi) is 11.7. The summed E-state index contributed by atoms with van der Waals surface area (Å²) in [5.41, 5.74) is 0. The van der Waals surface area contributed by atoms with Gasteiger partial charge in [0.25, 0.3) is 5.92 Å². The van der Waals surface area contributed by atoms with Gasteiger partial charge in [0.1, 0.15) is 0 Å². The molecule has 92 valence electrons. The van der Waals surface area contributed by atoms with E-state index in [0.717, 1.165) is 0 Å². The summed E-state index contributed by atoms with van der Waals surface area (Å²) in [6.45, 7) is 4.96. The van der Waals surface area contributed by atoms with Gasteiger partial charge in [-0.25, -0.2) is 0 Å². The zero-order valence-electron chi connectivity index (χ0n) is 10.6. The Hall–Kier alpha value is -0.590. The molecule has 0 aliphatic rings. The van der Waals surface area contributed by atoms with Crippen LogP contribution in [-0.4, -0.2) is 37.7 Å². The van der Waals surface area contributed by atoms with E-state index in [1.807, 2.05) is 0 Å². The molecule has 6 nitrogen and oxygen atoms in total. The van der Waals surface area contributed by atoms with E-state index in [1.165, 1.54) is 0 Å². The Morgan fingerprint density at radius 2 is 1.00 bits per heavy atom. The van der Waals surface area contributed by atoms with Gasteiger partial charge in [0, 0.05) is 0 Å². The number of esters is 3. The van der Waals surface area contributed by atoms with Gasteiger partial charge in [0.05, 0.1) is 19.8 Å². The SMILES string of the molecule is CCOC(=O)C(C(=O)OCC)C(=O)OCC.[Na+]. The van der Waals surface area contributed by atoms with Crippen LogP contribution in [0.2, 0.25) is 0 Å². The Morgan fingerprint density at radius 3 is 1.18 bits per heavy atom. The van der Waals surface area contributed by atoms with Gasteiger partial charge >= 0.3 is 47.5 Å². The van der Waals surface area contributed by atoms with Gasteiger partial charge in [-0.2, -0.15) is 0 Å². The summed E-state index contributed by atoms with van der Waals surface area (Å²) in [6.07, 6.45) is 0. The number of hydrogen-bond donors (Lipinski definition) is 0. The fourth-order valence-electron chi connectivity index (χ4n) is 0.965. The molecule has 0 spiro atoms. The van der Waals surface area contributed by atoms with Crippen molar-refractivity contribution in [1.29, 1.82) is 0 Å². The standard InChI is InChI=1S/C10H16O6.Na/c1-4-14-8(11)7(9(12)15-5-2)10(13)16-6-3;/h7H,4-6H2,1-3H3;/q;+1. The van der Waals surface area contributed by atoms with Gasteiger partial charge in [0.15, 0.2) is 0 Å². The van der Waals surface area contributed by atoms with Crippen molar-refractivity contribution in [3.8, 4) is 0 Å². The van der Waals surface area contributed by atoms with E-state index in [-0.39, 0.29) is 49.4 Å². The predicted molar refractivity (Wildman–Crippen MR) is 53.4 cm³/mol. The van der Waals surface area contributed by atoms with Crippen LogP contribution in [0.1, 0.15) is 20.8 Å². The van der Waals surface area contributed by atoms with Gasteiger partial charge in [0.2, 0.25) is 0 Å². The van der Waals surface area contributed by atoms with E-state index in [2.05, 4.69) is 14.2 Å². The van der Waals surface area contributed by atoms with Crippen LogP contribution >= 0.6 is 0 Å². The van der Waals surface area contributed by atoms with Crippen LogP contribution in [0.3, 0.4) is 0 Å². The first-order chi connectivity index (χ1) is 7.58. The Morgan fingerprint density at radius 1 is 0.765 bits per heavy atom. The van der Waals surface area contributed by atoms with Gasteiger partial charge in [-0.1, -0.05) is 0 Å². The summed E-state index contributed by atoms with van der Waals surface area (Å²) in [5, 5.41) is 0. The van der Waals surface area contributed by atoms with Crippen molar-refractivity contribution in [1.82, 2.24) is 0 Å². The van der Waals surface area contributed by atoms with E-state index in [0.29, 0.717) is 0 Å². The molecule has 0 heterocycles. The molecule has 0 atom stereocenters. The van der Waals surface area contributed by atoms with Crippen molar-refractivity contribution in [3.05, 3.63) is 0 Å². The van der Waals surface area contributed by atoms with E-state index in [4.69, 9.17) is 0 Å². The van der Waals surface area contributed by atoms with Crippen LogP contribution < -0.4 is 29.6 Å². The van der Waals surface area contributed by atoms with Gasteiger partial charge in [-0.05, 0) is 20.8 Å². The van der Waals surface area contributed by atoms with E-state index < -0.39 is 23.8 Å². The van der Waals surface area contributed by atoms with Gasteiger partial charge < -0.3 is 14.2 Å². The minimum Gasteiger partial charge on any atom is -0.465 e. The minimum atomic E-state index is -1.64. The van der Waals surface area contributed by atoms with Crippen LogP contribution in [0.15, 0.2) is 0 Å². The van der Waals surface area contributed by atoms with Crippen molar-refractivity contribution in [2.75, 3.05) is 19.8 Å². The van der Waals surface area contributed by atoms with E-state index in [1.54, 1.807) is 20.8 Å². The van der Waals surface area contributed by atoms with Crippen LogP contribution in [-0.2, 0) is 28.6 Å². The molecule has 0 radical (unpaired) electrons. The second-order valence-corrected chi connectivity index (χ2v) is 2.69. The van der Waals surface area contributed by atoms with Crippen molar-refractivity contribution in [2.45, 2.75) is 20.8 Å². The van der Waals surface area contributed by atoms with E-state index >= 15 is 0 Å². The molecular weight excluding hydrogens is 239 g/mol. The van der Waals surface area contributed by atoms with Crippen LogP contribution in [0.5, 0.6) is 0 Å². The fourth-order valence-corrected chi connectivity index (χ4v) is 0.965. The molecule has 0 unspecified atom stereocenters. The molecule has 0 saturated heterocycles. The third-order valence-corrected chi connectivity index (χ3v) is 1.57. The number of carbonyl (C=O) groups is 3. The van der Waals surface area contributed by atoms with Crippen molar-refractivity contribution in [2.24, 2.45) is 5.92 Å². The topological polar surface area (TPSA) is 78.9 Å². The smallest absolute Gasteiger partial charge is 0.465 e. The molecule has 0 aromatic heterocycles. The number of ether oxygens (including phenoxy) is 3. The zero-order valence-corrected chi connectivity index (χ0v) is 12.6. The minimum absolute atomic E-state index is 0. The number of hydrogen-bond acceptors (Lipinski definition) is 6. The first kappa shape index (κ1) is 18.8. The monoisotopic (exact) mass is 255 g/mol. The normalized spacial score (nSPS) is 9.18. The summed E-state index contributed by atoms with van der Waals surface area (Å²) < 4.78 is 13.8. The Bertz CT molecular complexity index is 223. The first-order valence-corrected chi connectivity index (χ1v) is 5.08. The molecule has 7 heteroatoms. The molecule has 17 heavy (non-hydrogen) atoms. The third-order valence-electron chi connectivity index (χ3n) is 1.57. The fraction of sp³-hybridized carbons (Fsp3) is 0.700. The molecule has 0 rings (SSSR count). The molecule has 0 N–H and O–H groups in total. The second kappa shape index (κ2) is 10.6. The molecule has 0 aromatic rings. The maximum absolute atomic E-state index is 11.4. The third kappa shape index (κ3) is 6.65. The molecule has 0 aromatic carbocycles. The largest absolute Gasteiger partial charge is 1.00 e. The summed E-state index contributed by atoms with van der Waals surface area (Å²) >= 11 is 0. The quantitative estimate of drug-likeness (QED) is 0.222. The summed E-state index contributed by atoms with van der Waals surface area (Å²) in [7, 11) is 0. The van der Waals surface area contributed by atoms with Crippen molar-refractivity contribution in [3.63, 3.8) is 0 Å².